The summed E-state index contributed by atoms with van der Waals surface area (Å²) in [5.41, 5.74) is 3.85. The molecule has 2 aromatic rings. The molecular weight excluding hydrogens is 430 g/mol. The number of nitrogens with zero attached hydrogens (tertiary/aromatic N) is 3. The van der Waals surface area contributed by atoms with Crippen molar-refractivity contribution < 1.29 is 19.1 Å². The van der Waals surface area contributed by atoms with Crippen molar-refractivity contribution in [3.63, 3.8) is 0 Å². The molecule has 7 heteroatoms. The molecule has 34 heavy (non-hydrogen) atoms. The van der Waals surface area contributed by atoms with Crippen molar-refractivity contribution in [1.82, 2.24) is 4.90 Å². The van der Waals surface area contributed by atoms with Crippen LogP contribution in [0.25, 0.3) is 11.1 Å². The van der Waals surface area contributed by atoms with Crippen molar-refractivity contribution >= 4 is 29.3 Å². The number of rotatable bonds is 3. The second-order valence-electron chi connectivity index (χ2n) is 9.41. The molecule has 2 aromatic carbocycles. The number of anilines is 2. The lowest BCUT2D eigenvalue weighted by molar-refractivity contribution is -0.117. The first-order valence-corrected chi connectivity index (χ1v) is 12.1. The summed E-state index contributed by atoms with van der Waals surface area (Å²) in [6, 6.07) is 13.2. The standard InChI is InChI=1S/C27H33N3O4/c1-18(2)34-27(33)29-17-19(3)30(20(4)31)24-13-12-23(16-25(24)29)21-8-10-22(11-9-21)26(32)28-14-6-5-7-15-28/h8-13,16,18-19H,5-7,14-15,17H2,1-4H3. The van der Waals surface area contributed by atoms with Crippen molar-refractivity contribution in [2.45, 2.75) is 59.1 Å². The van der Waals surface area contributed by atoms with Gasteiger partial charge in [-0.3, -0.25) is 14.5 Å². The van der Waals surface area contributed by atoms with Crippen LogP contribution in [0.2, 0.25) is 0 Å². The largest absolute Gasteiger partial charge is 0.446 e. The summed E-state index contributed by atoms with van der Waals surface area (Å²) in [5.74, 6) is 0.00402. The van der Waals surface area contributed by atoms with E-state index >= 15 is 0 Å². The van der Waals surface area contributed by atoms with Crippen LogP contribution in [0.3, 0.4) is 0 Å². The molecule has 7 nitrogen and oxygen atoms in total. The van der Waals surface area contributed by atoms with Gasteiger partial charge in [-0.15, -0.1) is 0 Å². The number of carbonyl (C=O) groups is 3. The SMILES string of the molecule is CC(=O)N1c2ccc(-c3ccc(C(=O)N4CCCCC4)cc3)cc2N(C(=O)OC(C)C)CC1C. The van der Waals surface area contributed by atoms with Gasteiger partial charge in [0.25, 0.3) is 5.91 Å². The predicted molar refractivity (Wildman–Crippen MR) is 133 cm³/mol. The highest BCUT2D eigenvalue weighted by Gasteiger charge is 2.34. The third kappa shape index (κ3) is 4.79. The first-order valence-electron chi connectivity index (χ1n) is 12.1. The van der Waals surface area contributed by atoms with Crippen LogP contribution in [0.5, 0.6) is 0 Å². The Kier molecular flexibility index (Phi) is 6.91. The third-order valence-electron chi connectivity index (χ3n) is 6.42. The van der Waals surface area contributed by atoms with Crippen molar-refractivity contribution in [1.29, 1.82) is 0 Å². The summed E-state index contributed by atoms with van der Waals surface area (Å²) >= 11 is 0. The molecule has 0 bridgehead atoms. The Balaban J connectivity index is 1.65. The molecule has 0 aliphatic carbocycles. The summed E-state index contributed by atoms with van der Waals surface area (Å²) in [6.07, 6.45) is 2.63. The Hall–Kier alpha value is -3.35. The molecule has 180 valence electrons. The predicted octanol–water partition coefficient (Wildman–Crippen LogP) is 5.09. The quantitative estimate of drug-likeness (QED) is 0.636. The van der Waals surface area contributed by atoms with Crippen LogP contribution in [-0.4, -0.2) is 54.6 Å². The highest BCUT2D eigenvalue weighted by molar-refractivity contribution is 6.03. The van der Waals surface area contributed by atoms with Gasteiger partial charge in [-0.05, 0) is 75.4 Å². The average molecular weight is 464 g/mol. The number of likely N-dealkylation sites (tertiary alicyclic amines) is 1. The molecule has 1 atom stereocenters. The number of fused-ring (bicyclic) bond motifs is 1. The van der Waals surface area contributed by atoms with Crippen LogP contribution in [-0.2, 0) is 9.53 Å². The normalized spacial score (nSPS) is 18.0. The molecular formula is C27H33N3O4. The van der Waals surface area contributed by atoms with Gasteiger partial charge in [-0.1, -0.05) is 18.2 Å². The van der Waals surface area contributed by atoms with E-state index < -0.39 is 6.09 Å². The number of hydrogen-bond donors (Lipinski definition) is 0. The van der Waals surface area contributed by atoms with Crippen LogP contribution in [0.15, 0.2) is 42.5 Å². The van der Waals surface area contributed by atoms with Crippen LogP contribution in [0, 0.1) is 0 Å². The second kappa shape index (κ2) is 9.87. The molecule has 0 saturated carbocycles. The Bertz CT molecular complexity index is 1070. The van der Waals surface area contributed by atoms with E-state index in [1.165, 1.54) is 13.3 Å². The van der Waals surface area contributed by atoms with Gasteiger partial charge in [0.1, 0.15) is 0 Å². The zero-order valence-corrected chi connectivity index (χ0v) is 20.4. The van der Waals surface area contributed by atoms with E-state index in [0.29, 0.717) is 23.5 Å². The summed E-state index contributed by atoms with van der Waals surface area (Å²) in [4.78, 5) is 43.3. The van der Waals surface area contributed by atoms with Crippen LogP contribution >= 0.6 is 0 Å². The number of benzene rings is 2. The van der Waals surface area contributed by atoms with Crippen molar-refractivity contribution in [3.8, 4) is 11.1 Å². The molecule has 1 saturated heterocycles. The lowest BCUT2D eigenvalue weighted by atomic mass is 9.99. The second-order valence-corrected chi connectivity index (χ2v) is 9.41. The molecule has 1 unspecified atom stereocenters. The van der Waals surface area contributed by atoms with Gasteiger partial charge in [0, 0.05) is 32.1 Å². The topological polar surface area (TPSA) is 70.2 Å². The van der Waals surface area contributed by atoms with Gasteiger partial charge in [0.15, 0.2) is 0 Å². The van der Waals surface area contributed by atoms with Crippen LogP contribution in [0.4, 0.5) is 16.2 Å². The summed E-state index contributed by atoms with van der Waals surface area (Å²) in [7, 11) is 0. The number of amides is 3. The Morgan fingerprint density at radius 3 is 2.18 bits per heavy atom. The maximum Gasteiger partial charge on any atom is 0.414 e. The number of ether oxygens (including phenoxy) is 1. The molecule has 1 fully saturated rings. The van der Waals surface area contributed by atoms with E-state index in [2.05, 4.69) is 0 Å². The Labute approximate surface area is 201 Å². The molecule has 0 N–H and O–H groups in total. The number of hydrogen-bond acceptors (Lipinski definition) is 4. The van der Waals surface area contributed by atoms with E-state index in [1.54, 1.807) is 9.80 Å². The molecule has 0 radical (unpaired) electrons. The lowest BCUT2D eigenvalue weighted by Crippen LogP contribution is -2.51. The van der Waals surface area contributed by atoms with E-state index in [9.17, 15) is 14.4 Å². The molecule has 3 amide bonds. The minimum atomic E-state index is -0.425. The van der Waals surface area contributed by atoms with Gasteiger partial charge < -0.3 is 14.5 Å². The Morgan fingerprint density at radius 2 is 1.56 bits per heavy atom. The zero-order chi connectivity index (χ0) is 24.4. The van der Waals surface area contributed by atoms with Gasteiger partial charge in [-0.2, -0.15) is 0 Å². The molecule has 4 rings (SSSR count). The molecule has 2 aliphatic heterocycles. The highest BCUT2D eigenvalue weighted by Crippen LogP contribution is 2.39. The lowest BCUT2D eigenvalue weighted by Gasteiger charge is -2.40. The Morgan fingerprint density at radius 1 is 0.912 bits per heavy atom. The molecule has 2 aliphatic rings. The first-order chi connectivity index (χ1) is 16.3. The molecule has 2 heterocycles. The fourth-order valence-electron chi connectivity index (χ4n) is 4.81. The van der Waals surface area contributed by atoms with Gasteiger partial charge in [0.2, 0.25) is 5.91 Å². The zero-order valence-electron chi connectivity index (χ0n) is 20.4. The van der Waals surface area contributed by atoms with E-state index in [4.69, 9.17) is 4.74 Å². The van der Waals surface area contributed by atoms with E-state index in [1.807, 2.05) is 68.1 Å². The van der Waals surface area contributed by atoms with Crippen LogP contribution < -0.4 is 9.80 Å². The first kappa shape index (κ1) is 23.8. The molecule has 0 spiro atoms. The van der Waals surface area contributed by atoms with Gasteiger partial charge >= 0.3 is 6.09 Å². The number of carbonyl (C=O) groups excluding carboxylic acids is 3. The maximum absolute atomic E-state index is 12.9. The fourth-order valence-corrected chi connectivity index (χ4v) is 4.81. The minimum Gasteiger partial charge on any atom is -0.446 e. The van der Waals surface area contributed by atoms with Crippen molar-refractivity contribution in [3.05, 3.63) is 48.0 Å². The smallest absolute Gasteiger partial charge is 0.414 e. The fraction of sp³-hybridized carbons (Fsp3) is 0.444. The minimum absolute atomic E-state index is 0.0704. The maximum atomic E-state index is 12.9. The summed E-state index contributed by atoms with van der Waals surface area (Å²) < 4.78 is 5.48. The third-order valence-corrected chi connectivity index (χ3v) is 6.42. The monoisotopic (exact) mass is 463 g/mol. The number of piperidine rings is 1. The van der Waals surface area contributed by atoms with E-state index in [-0.39, 0.29) is 24.0 Å². The van der Waals surface area contributed by atoms with Gasteiger partial charge in [-0.25, -0.2) is 4.79 Å². The summed E-state index contributed by atoms with van der Waals surface area (Å²) in [6.45, 7) is 9.08. The molecule has 0 aromatic heterocycles. The van der Waals surface area contributed by atoms with E-state index in [0.717, 1.165) is 37.1 Å². The summed E-state index contributed by atoms with van der Waals surface area (Å²) in [5, 5.41) is 0. The highest BCUT2D eigenvalue weighted by atomic mass is 16.6. The van der Waals surface area contributed by atoms with Crippen molar-refractivity contribution in [2.75, 3.05) is 29.4 Å². The van der Waals surface area contributed by atoms with Crippen LogP contribution in [0.1, 0.15) is 57.3 Å². The van der Waals surface area contributed by atoms with Crippen molar-refractivity contribution in [2.24, 2.45) is 0 Å². The van der Waals surface area contributed by atoms with Gasteiger partial charge in [0.05, 0.1) is 23.5 Å². The average Bonchev–Trinajstić information content (AvgIpc) is 2.82.